The molecule has 0 unspecified atom stereocenters. The van der Waals surface area contributed by atoms with Gasteiger partial charge in [-0.15, -0.1) is 0 Å². The SMILES string of the molecule is COc1cc2c(Oc3ccc(NC(=O)c4cn(-c5ccccc5F)c5ccccc5c4=O)cc3F)ccnc2cc1OCCCN1CCN(C)CC1. The van der Waals surface area contributed by atoms with Crippen molar-refractivity contribution in [2.75, 3.05) is 58.8 Å². The van der Waals surface area contributed by atoms with Gasteiger partial charge in [0.1, 0.15) is 17.1 Å². The van der Waals surface area contributed by atoms with Crippen molar-refractivity contribution in [1.29, 1.82) is 0 Å². The molecule has 0 spiro atoms. The second-order valence-electron chi connectivity index (χ2n) is 12.6. The Balaban J connectivity index is 1.07. The summed E-state index contributed by atoms with van der Waals surface area (Å²) in [7, 11) is 3.69. The Bertz CT molecular complexity index is 2320. The highest BCUT2D eigenvalue weighted by molar-refractivity contribution is 6.06. The fraction of sp³-hybridized carbons (Fsp3) is 0.225. The number of piperazine rings is 1. The normalized spacial score (nSPS) is 13.7. The van der Waals surface area contributed by atoms with Gasteiger partial charge in [-0.2, -0.15) is 0 Å². The van der Waals surface area contributed by atoms with Gasteiger partial charge >= 0.3 is 0 Å². The highest BCUT2D eigenvalue weighted by atomic mass is 19.1. The molecule has 2 aromatic heterocycles. The predicted molar refractivity (Wildman–Crippen MR) is 196 cm³/mol. The fourth-order valence-electron chi connectivity index (χ4n) is 6.30. The number of carbonyl (C=O) groups excluding carboxylic acids is 1. The van der Waals surface area contributed by atoms with Crippen LogP contribution in [0, 0.1) is 11.6 Å². The van der Waals surface area contributed by atoms with Gasteiger partial charge in [0.05, 0.1) is 30.4 Å². The zero-order valence-corrected chi connectivity index (χ0v) is 28.8. The van der Waals surface area contributed by atoms with Crippen molar-refractivity contribution in [3.8, 4) is 28.7 Å². The molecule has 0 bridgehead atoms. The van der Waals surface area contributed by atoms with Crippen LogP contribution in [0.1, 0.15) is 16.8 Å². The van der Waals surface area contributed by atoms with E-state index in [1.165, 1.54) is 29.0 Å². The molecule has 0 aliphatic carbocycles. The smallest absolute Gasteiger partial charge is 0.261 e. The molecule has 12 heteroatoms. The van der Waals surface area contributed by atoms with Crippen molar-refractivity contribution in [1.82, 2.24) is 19.4 Å². The van der Waals surface area contributed by atoms with Crippen molar-refractivity contribution in [3.05, 3.63) is 125 Å². The second kappa shape index (κ2) is 15.2. The second-order valence-corrected chi connectivity index (χ2v) is 12.6. The number of carbonyl (C=O) groups is 1. The van der Waals surface area contributed by atoms with E-state index in [0.717, 1.165) is 45.2 Å². The third kappa shape index (κ3) is 7.30. The van der Waals surface area contributed by atoms with Crippen LogP contribution in [0.4, 0.5) is 14.5 Å². The molecule has 7 rings (SSSR count). The third-order valence-electron chi connectivity index (χ3n) is 9.14. The number of hydrogen-bond acceptors (Lipinski definition) is 8. The van der Waals surface area contributed by atoms with Crippen molar-refractivity contribution in [2.24, 2.45) is 0 Å². The first-order chi connectivity index (χ1) is 25.3. The van der Waals surface area contributed by atoms with E-state index in [2.05, 4.69) is 27.1 Å². The van der Waals surface area contributed by atoms with E-state index in [1.807, 2.05) is 0 Å². The van der Waals surface area contributed by atoms with Crippen molar-refractivity contribution in [3.63, 3.8) is 0 Å². The Labute approximate surface area is 298 Å². The molecule has 1 amide bonds. The minimum absolute atomic E-state index is 0.0931. The number of ether oxygens (including phenoxy) is 3. The predicted octanol–water partition coefficient (Wildman–Crippen LogP) is 6.89. The van der Waals surface area contributed by atoms with Crippen LogP contribution in [0.3, 0.4) is 0 Å². The number of aromatic nitrogens is 2. The minimum Gasteiger partial charge on any atom is -0.493 e. The number of para-hydroxylation sites is 2. The number of nitrogens with zero attached hydrogens (tertiary/aromatic N) is 4. The fourth-order valence-corrected chi connectivity index (χ4v) is 6.30. The summed E-state index contributed by atoms with van der Waals surface area (Å²) >= 11 is 0. The molecule has 1 N–H and O–H groups in total. The highest BCUT2D eigenvalue weighted by Gasteiger charge is 2.20. The summed E-state index contributed by atoms with van der Waals surface area (Å²) in [5.41, 5.74) is 0.493. The molecule has 1 fully saturated rings. The van der Waals surface area contributed by atoms with Crippen LogP contribution >= 0.6 is 0 Å². The number of pyridine rings is 2. The van der Waals surface area contributed by atoms with E-state index >= 15 is 4.39 Å². The minimum atomic E-state index is -0.779. The summed E-state index contributed by atoms with van der Waals surface area (Å²) in [5.74, 6) is -0.771. The number of methoxy groups -OCH3 is 1. The molecule has 1 aliphatic rings. The summed E-state index contributed by atoms with van der Waals surface area (Å²) in [6, 6.07) is 21.8. The largest absolute Gasteiger partial charge is 0.493 e. The van der Waals surface area contributed by atoms with Gasteiger partial charge in [0, 0.05) is 73.7 Å². The molecule has 6 aromatic rings. The zero-order chi connectivity index (χ0) is 36.2. The van der Waals surface area contributed by atoms with Gasteiger partial charge in [-0.1, -0.05) is 24.3 Å². The van der Waals surface area contributed by atoms with E-state index < -0.39 is 23.0 Å². The first kappa shape index (κ1) is 34.6. The highest BCUT2D eigenvalue weighted by Crippen LogP contribution is 2.38. The number of rotatable bonds is 11. The lowest BCUT2D eigenvalue weighted by molar-refractivity contribution is 0.102. The molecule has 0 atom stereocenters. The van der Waals surface area contributed by atoms with Gasteiger partial charge in [0.15, 0.2) is 23.1 Å². The molecular weight excluding hydrogens is 668 g/mol. The summed E-state index contributed by atoms with van der Waals surface area (Å²) < 4.78 is 49.5. The van der Waals surface area contributed by atoms with Crippen LogP contribution in [-0.2, 0) is 0 Å². The number of anilines is 1. The van der Waals surface area contributed by atoms with Gasteiger partial charge in [-0.25, -0.2) is 8.78 Å². The summed E-state index contributed by atoms with van der Waals surface area (Å²) in [5, 5.41) is 3.41. The maximum absolute atomic E-state index is 15.5. The van der Waals surface area contributed by atoms with Crippen LogP contribution in [0.25, 0.3) is 27.5 Å². The molecule has 0 radical (unpaired) electrons. The lowest BCUT2D eigenvalue weighted by Crippen LogP contribution is -2.44. The summed E-state index contributed by atoms with van der Waals surface area (Å²) in [6.07, 6.45) is 3.72. The Morgan fingerprint density at radius 3 is 2.42 bits per heavy atom. The number of nitrogens with one attached hydrogen (secondary N) is 1. The van der Waals surface area contributed by atoms with Crippen LogP contribution in [0.2, 0.25) is 0 Å². The quantitative estimate of drug-likeness (QED) is 0.146. The third-order valence-corrected chi connectivity index (χ3v) is 9.14. The molecule has 4 aromatic carbocycles. The van der Waals surface area contributed by atoms with Gasteiger partial charge in [0.2, 0.25) is 5.43 Å². The van der Waals surface area contributed by atoms with Crippen LogP contribution in [-0.4, -0.2) is 78.7 Å². The van der Waals surface area contributed by atoms with Gasteiger partial charge in [-0.05, 0) is 62.0 Å². The van der Waals surface area contributed by atoms with E-state index in [1.54, 1.807) is 74.0 Å². The Morgan fingerprint density at radius 1 is 0.846 bits per heavy atom. The van der Waals surface area contributed by atoms with Crippen LogP contribution < -0.4 is 25.0 Å². The molecule has 3 heterocycles. The van der Waals surface area contributed by atoms with E-state index in [4.69, 9.17) is 14.2 Å². The maximum Gasteiger partial charge on any atom is 0.261 e. The van der Waals surface area contributed by atoms with E-state index in [0.29, 0.717) is 40.3 Å². The van der Waals surface area contributed by atoms with Crippen molar-refractivity contribution >= 4 is 33.4 Å². The number of benzene rings is 4. The molecule has 0 saturated carbocycles. The Kier molecular flexibility index (Phi) is 10.1. The zero-order valence-electron chi connectivity index (χ0n) is 28.8. The van der Waals surface area contributed by atoms with Crippen molar-refractivity contribution in [2.45, 2.75) is 6.42 Å². The number of likely N-dealkylation sites (N-methyl/N-ethyl adjacent to an activating group) is 1. The first-order valence-corrected chi connectivity index (χ1v) is 17.0. The average Bonchev–Trinajstić information content (AvgIpc) is 3.15. The molecule has 266 valence electrons. The van der Waals surface area contributed by atoms with Crippen molar-refractivity contribution < 1.29 is 27.8 Å². The van der Waals surface area contributed by atoms with E-state index in [9.17, 15) is 14.0 Å². The maximum atomic E-state index is 15.5. The first-order valence-electron chi connectivity index (χ1n) is 17.0. The van der Waals surface area contributed by atoms with Gasteiger partial charge in [0.25, 0.3) is 5.91 Å². The summed E-state index contributed by atoms with van der Waals surface area (Å²) in [4.78, 5) is 36.0. The molecule has 1 saturated heterocycles. The lowest BCUT2D eigenvalue weighted by atomic mass is 10.1. The Morgan fingerprint density at radius 2 is 1.63 bits per heavy atom. The number of amides is 1. The molecule has 10 nitrogen and oxygen atoms in total. The number of fused-ring (bicyclic) bond motifs is 2. The van der Waals surface area contributed by atoms with Gasteiger partial charge < -0.3 is 33.9 Å². The van der Waals surface area contributed by atoms with Gasteiger partial charge in [-0.3, -0.25) is 14.6 Å². The lowest BCUT2D eigenvalue weighted by Gasteiger charge is -2.32. The number of halogens is 2. The Hall–Kier alpha value is -5.85. The summed E-state index contributed by atoms with van der Waals surface area (Å²) in [6.45, 7) is 5.69. The number of hydrogen-bond donors (Lipinski definition) is 1. The molecule has 52 heavy (non-hydrogen) atoms. The average molecular weight is 706 g/mol. The molecule has 1 aliphatic heterocycles. The molecular formula is C40H37F2N5O5. The van der Waals surface area contributed by atoms with Crippen LogP contribution in [0.15, 0.2) is 102 Å². The topological polar surface area (TPSA) is 98.2 Å². The monoisotopic (exact) mass is 705 g/mol. The van der Waals surface area contributed by atoms with E-state index in [-0.39, 0.29) is 28.1 Å². The standard InChI is InChI=1S/C40H37F2N5O5/c1-45-17-19-46(20-18-45)16-7-21-51-38-24-32-28(23-37(38)50-2)35(14-15-43-32)52-36-13-12-26(22-31(36)42)44-40(49)29-25-47(34-11-6-4-9-30(34)41)33-10-5-3-8-27(33)39(29)48/h3-6,8-15,22-25H,7,16-21H2,1-2H3,(H,44,49). The van der Waals surface area contributed by atoms with Crippen LogP contribution in [0.5, 0.6) is 23.0 Å².